The summed E-state index contributed by atoms with van der Waals surface area (Å²) in [5, 5.41) is 0.806. The van der Waals surface area contributed by atoms with Crippen molar-refractivity contribution in [1.82, 2.24) is 0 Å². The van der Waals surface area contributed by atoms with Crippen molar-refractivity contribution < 1.29 is 0 Å². The Labute approximate surface area is 123 Å². The van der Waals surface area contributed by atoms with Crippen LogP contribution in [0, 0.1) is 0 Å². The van der Waals surface area contributed by atoms with Crippen molar-refractivity contribution in [3.8, 4) is 0 Å². The lowest BCUT2D eigenvalue weighted by Crippen LogP contribution is -2.28. The van der Waals surface area contributed by atoms with Crippen LogP contribution in [-0.2, 0) is 0 Å². The SMILES string of the molecule is Clc1ccc2c(c1)C1C=CC=CC1N2c1ccccc1. The highest BCUT2D eigenvalue weighted by Crippen LogP contribution is 2.48. The van der Waals surface area contributed by atoms with E-state index in [9.17, 15) is 0 Å². The summed E-state index contributed by atoms with van der Waals surface area (Å²) in [6.07, 6.45) is 8.79. The topological polar surface area (TPSA) is 3.24 Å². The largest absolute Gasteiger partial charge is 0.333 e. The van der Waals surface area contributed by atoms with Crippen LogP contribution in [0.4, 0.5) is 11.4 Å². The first-order chi connectivity index (χ1) is 9.84. The fourth-order valence-corrected chi connectivity index (χ4v) is 3.38. The van der Waals surface area contributed by atoms with Crippen LogP contribution in [0.1, 0.15) is 11.5 Å². The Bertz CT molecular complexity index is 703. The van der Waals surface area contributed by atoms with E-state index in [1.165, 1.54) is 16.9 Å². The van der Waals surface area contributed by atoms with Crippen LogP contribution in [0.2, 0.25) is 5.02 Å². The van der Waals surface area contributed by atoms with Crippen LogP contribution in [0.15, 0.2) is 72.8 Å². The molecule has 0 fully saturated rings. The molecule has 4 rings (SSSR count). The lowest BCUT2D eigenvalue weighted by molar-refractivity contribution is 0.745. The molecule has 2 unspecified atom stereocenters. The molecule has 0 saturated heterocycles. The lowest BCUT2D eigenvalue weighted by Gasteiger charge is -2.28. The maximum atomic E-state index is 6.19. The maximum Gasteiger partial charge on any atom is 0.0629 e. The average molecular weight is 280 g/mol. The number of nitrogens with zero attached hydrogens (tertiary/aromatic N) is 1. The molecule has 0 saturated carbocycles. The van der Waals surface area contributed by atoms with Gasteiger partial charge in [0.2, 0.25) is 0 Å². The minimum atomic E-state index is 0.343. The number of para-hydroxylation sites is 1. The average Bonchev–Trinajstić information content (AvgIpc) is 2.82. The number of benzene rings is 2. The number of hydrogen-bond donors (Lipinski definition) is 0. The third kappa shape index (κ3) is 1.70. The summed E-state index contributed by atoms with van der Waals surface area (Å²) in [5.41, 5.74) is 3.79. The lowest BCUT2D eigenvalue weighted by atomic mass is 9.91. The van der Waals surface area contributed by atoms with E-state index in [1.807, 2.05) is 6.07 Å². The van der Waals surface area contributed by atoms with Crippen molar-refractivity contribution in [3.05, 3.63) is 83.4 Å². The van der Waals surface area contributed by atoms with Crippen molar-refractivity contribution in [3.63, 3.8) is 0 Å². The van der Waals surface area contributed by atoms with Gasteiger partial charge >= 0.3 is 0 Å². The molecule has 0 N–H and O–H groups in total. The van der Waals surface area contributed by atoms with Gasteiger partial charge < -0.3 is 4.90 Å². The van der Waals surface area contributed by atoms with Crippen molar-refractivity contribution in [1.29, 1.82) is 0 Å². The highest BCUT2D eigenvalue weighted by Gasteiger charge is 2.37. The number of fused-ring (bicyclic) bond motifs is 3. The van der Waals surface area contributed by atoms with Crippen molar-refractivity contribution in [2.24, 2.45) is 0 Å². The molecule has 2 aromatic carbocycles. The Morgan fingerprint density at radius 3 is 2.55 bits per heavy atom. The highest BCUT2D eigenvalue weighted by atomic mass is 35.5. The Morgan fingerprint density at radius 1 is 0.900 bits per heavy atom. The van der Waals surface area contributed by atoms with Gasteiger partial charge in [0, 0.05) is 22.3 Å². The molecule has 0 aromatic heterocycles. The molecule has 98 valence electrons. The van der Waals surface area contributed by atoms with Crippen LogP contribution < -0.4 is 4.90 Å². The van der Waals surface area contributed by atoms with Gasteiger partial charge in [-0.1, -0.05) is 54.1 Å². The predicted molar refractivity (Wildman–Crippen MR) is 84.8 cm³/mol. The van der Waals surface area contributed by atoms with Gasteiger partial charge in [0.15, 0.2) is 0 Å². The van der Waals surface area contributed by atoms with E-state index in [-0.39, 0.29) is 0 Å². The summed E-state index contributed by atoms with van der Waals surface area (Å²) in [6.45, 7) is 0. The smallest absolute Gasteiger partial charge is 0.0629 e. The van der Waals surface area contributed by atoms with Gasteiger partial charge in [-0.15, -0.1) is 0 Å². The van der Waals surface area contributed by atoms with Crippen LogP contribution in [0.3, 0.4) is 0 Å². The van der Waals surface area contributed by atoms with Crippen molar-refractivity contribution in [2.45, 2.75) is 12.0 Å². The first-order valence-electron chi connectivity index (χ1n) is 6.83. The summed E-state index contributed by atoms with van der Waals surface area (Å²) in [7, 11) is 0. The van der Waals surface area contributed by atoms with E-state index >= 15 is 0 Å². The van der Waals surface area contributed by atoms with Gasteiger partial charge in [0.1, 0.15) is 0 Å². The number of allylic oxidation sites excluding steroid dienone is 2. The second kappa shape index (κ2) is 4.53. The molecule has 2 heteroatoms. The zero-order valence-electron chi connectivity index (χ0n) is 10.9. The summed E-state index contributed by atoms with van der Waals surface area (Å²) < 4.78 is 0. The molecule has 2 aliphatic rings. The van der Waals surface area contributed by atoms with E-state index in [1.54, 1.807) is 0 Å². The van der Waals surface area contributed by atoms with E-state index in [4.69, 9.17) is 11.6 Å². The molecule has 2 atom stereocenters. The third-order valence-corrected chi connectivity index (χ3v) is 4.28. The summed E-state index contributed by atoms with van der Waals surface area (Å²) in [4.78, 5) is 2.40. The third-order valence-electron chi connectivity index (χ3n) is 4.05. The number of anilines is 2. The molecule has 0 radical (unpaired) electrons. The molecular weight excluding hydrogens is 266 g/mol. The Balaban J connectivity index is 1.91. The molecule has 0 bridgehead atoms. The second-order valence-corrected chi connectivity index (χ2v) is 5.63. The standard InChI is InChI=1S/C18H14ClN/c19-13-10-11-18-16(12-13)15-8-4-5-9-17(15)20(18)14-6-2-1-3-7-14/h1-12,15,17H. The van der Waals surface area contributed by atoms with Gasteiger partial charge in [-0.05, 0) is 35.9 Å². The molecular formula is C18H14ClN. The summed E-state index contributed by atoms with van der Waals surface area (Å²) >= 11 is 6.19. The number of rotatable bonds is 1. The maximum absolute atomic E-state index is 6.19. The van der Waals surface area contributed by atoms with Gasteiger partial charge in [-0.3, -0.25) is 0 Å². The highest BCUT2D eigenvalue weighted by molar-refractivity contribution is 6.30. The minimum absolute atomic E-state index is 0.343. The first kappa shape index (κ1) is 11.8. The molecule has 0 amide bonds. The Hall–Kier alpha value is -1.99. The van der Waals surface area contributed by atoms with Crippen molar-refractivity contribution >= 4 is 23.0 Å². The van der Waals surface area contributed by atoms with E-state index in [0.717, 1.165) is 5.02 Å². The molecule has 1 heterocycles. The van der Waals surface area contributed by atoms with E-state index < -0.39 is 0 Å². The van der Waals surface area contributed by atoms with Crippen LogP contribution >= 0.6 is 11.6 Å². The Kier molecular flexibility index (Phi) is 2.68. The molecule has 2 aromatic rings. The van der Waals surface area contributed by atoms with E-state index in [2.05, 4.69) is 71.7 Å². The monoisotopic (exact) mass is 279 g/mol. The fraction of sp³-hybridized carbons (Fsp3) is 0.111. The molecule has 1 aliphatic heterocycles. The molecule has 20 heavy (non-hydrogen) atoms. The zero-order chi connectivity index (χ0) is 13.5. The molecule has 1 nitrogen and oxygen atoms in total. The summed E-state index contributed by atoms with van der Waals surface area (Å²) in [6, 6.07) is 17.1. The first-order valence-corrected chi connectivity index (χ1v) is 7.21. The quantitative estimate of drug-likeness (QED) is 0.704. The van der Waals surface area contributed by atoms with Gasteiger partial charge in [-0.25, -0.2) is 0 Å². The predicted octanol–water partition coefficient (Wildman–Crippen LogP) is 5.07. The van der Waals surface area contributed by atoms with Crippen molar-refractivity contribution in [2.75, 3.05) is 4.90 Å². The Morgan fingerprint density at radius 2 is 1.70 bits per heavy atom. The summed E-state index contributed by atoms with van der Waals surface area (Å²) in [5.74, 6) is 0.383. The minimum Gasteiger partial charge on any atom is -0.333 e. The normalized spacial score (nSPS) is 22.8. The fourth-order valence-electron chi connectivity index (χ4n) is 3.20. The second-order valence-electron chi connectivity index (χ2n) is 5.19. The molecule has 0 spiro atoms. The molecule has 1 aliphatic carbocycles. The van der Waals surface area contributed by atoms with Crippen LogP contribution in [0.5, 0.6) is 0 Å². The van der Waals surface area contributed by atoms with Gasteiger partial charge in [0.25, 0.3) is 0 Å². The van der Waals surface area contributed by atoms with Gasteiger partial charge in [0.05, 0.1) is 6.04 Å². The zero-order valence-corrected chi connectivity index (χ0v) is 11.7. The number of hydrogen-bond acceptors (Lipinski definition) is 1. The van der Waals surface area contributed by atoms with Crippen LogP contribution in [-0.4, -0.2) is 6.04 Å². The van der Waals surface area contributed by atoms with E-state index in [0.29, 0.717) is 12.0 Å². The van der Waals surface area contributed by atoms with Gasteiger partial charge in [-0.2, -0.15) is 0 Å². The number of halogens is 1. The van der Waals surface area contributed by atoms with Crippen LogP contribution in [0.25, 0.3) is 0 Å².